The molecule has 0 saturated carbocycles. The quantitative estimate of drug-likeness (QED) is 0.478. The normalized spacial score (nSPS) is 10.4. The lowest BCUT2D eigenvalue weighted by Gasteiger charge is -2.08. The van der Waals surface area contributed by atoms with Crippen molar-refractivity contribution in [3.8, 4) is 11.6 Å². The number of aromatic nitrogens is 2. The van der Waals surface area contributed by atoms with E-state index < -0.39 is 10.9 Å². The summed E-state index contributed by atoms with van der Waals surface area (Å²) in [7, 11) is 1.49. The number of hydrogen-bond acceptors (Lipinski definition) is 5. The zero-order chi connectivity index (χ0) is 15.7. The fourth-order valence-electron chi connectivity index (χ4n) is 1.81. The molecule has 0 aliphatic rings. The van der Waals surface area contributed by atoms with Gasteiger partial charge in [-0.3, -0.25) is 10.1 Å². The minimum absolute atomic E-state index is 0.0222. The number of aromatic carboxylic acids is 1. The van der Waals surface area contributed by atoms with Crippen molar-refractivity contribution in [3.63, 3.8) is 0 Å². The molecule has 110 valence electrons. The Balaban J connectivity index is 2.53. The summed E-state index contributed by atoms with van der Waals surface area (Å²) in [5, 5.41) is 24.2. The molecule has 0 spiro atoms. The summed E-state index contributed by atoms with van der Waals surface area (Å²) in [5.74, 6) is -1.26. The van der Waals surface area contributed by atoms with E-state index in [2.05, 4.69) is 5.10 Å². The molecule has 0 fully saturated rings. The van der Waals surface area contributed by atoms with Crippen LogP contribution in [0, 0.1) is 20.6 Å². The highest BCUT2D eigenvalue weighted by atomic mass is 127. The molecule has 0 aliphatic carbocycles. The van der Waals surface area contributed by atoms with Gasteiger partial charge in [0.2, 0.25) is 0 Å². The Hall–Kier alpha value is -2.17. The molecule has 0 radical (unpaired) electrons. The molecule has 1 heterocycles. The Bertz CT molecular complexity index is 741. The molecule has 0 saturated heterocycles. The second kappa shape index (κ2) is 5.68. The van der Waals surface area contributed by atoms with Gasteiger partial charge in [-0.15, -0.1) is 0 Å². The molecule has 0 bridgehead atoms. The van der Waals surface area contributed by atoms with E-state index in [1.165, 1.54) is 30.8 Å². The predicted octanol–water partition coefficient (Wildman–Crippen LogP) is 2.73. The zero-order valence-electron chi connectivity index (χ0n) is 11.0. The van der Waals surface area contributed by atoms with Crippen molar-refractivity contribution >= 4 is 34.2 Å². The van der Waals surface area contributed by atoms with Gasteiger partial charge in [-0.05, 0) is 47.7 Å². The minimum Gasteiger partial charge on any atom is -0.478 e. The number of nitrogens with zero attached hydrogens (tertiary/aromatic N) is 3. The number of hydrogen-bond donors (Lipinski definition) is 1. The summed E-state index contributed by atoms with van der Waals surface area (Å²) in [4.78, 5) is 21.7. The number of carboxylic acid groups (broad SMARTS) is 1. The first kappa shape index (κ1) is 15.2. The smallest absolute Gasteiger partial charge is 0.353 e. The molecule has 0 aliphatic heterocycles. The van der Waals surface area contributed by atoms with Crippen LogP contribution in [0.1, 0.15) is 16.1 Å². The third-order valence-corrected chi connectivity index (χ3v) is 3.37. The van der Waals surface area contributed by atoms with Gasteiger partial charge in [0, 0.05) is 10.6 Å². The largest absolute Gasteiger partial charge is 0.478 e. The molecule has 0 unspecified atom stereocenters. The molecule has 1 N–H and O–H groups in total. The molecule has 2 aromatic rings. The number of rotatable bonds is 4. The highest BCUT2D eigenvalue weighted by molar-refractivity contribution is 14.1. The fourth-order valence-corrected chi connectivity index (χ4v) is 2.30. The van der Waals surface area contributed by atoms with Crippen molar-refractivity contribution in [3.05, 3.63) is 43.1 Å². The van der Waals surface area contributed by atoms with Crippen LogP contribution in [0.25, 0.3) is 0 Å². The molecule has 8 nitrogen and oxygen atoms in total. The molecule has 1 aromatic carbocycles. The predicted molar refractivity (Wildman–Crippen MR) is 80.8 cm³/mol. The number of carboxylic acids is 1. The lowest BCUT2D eigenvalue weighted by atomic mass is 10.2. The summed E-state index contributed by atoms with van der Waals surface area (Å²) < 4.78 is 7.37. The van der Waals surface area contributed by atoms with Crippen molar-refractivity contribution in [2.45, 2.75) is 6.92 Å². The number of ether oxygens (including phenoxy) is 1. The van der Waals surface area contributed by atoms with E-state index in [-0.39, 0.29) is 28.6 Å². The van der Waals surface area contributed by atoms with Crippen molar-refractivity contribution in [2.75, 3.05) is 0 Å². The maximum Gasteiger partial charge on any atom is 0.353 e. The second-order valence-electron chi connectivity index (χ2n) is 4.17. The molecule has 0 amide bonds. The van der Waals surface area contributed by atoms with E-state index in [1.54, 1.807) is 6.07 Å². The fraction of sp³-hybridized carbons (Fsp3) is 0.167. The minimum atomic E-state index is -1.18. The number of benzene rings is 1. The van der Waals surface area contributed by atoms with Crippen molar-refractivity contribution in [1.29, 1.82) is 0 Å². The molecule has 1 aromatic heterocycles. The van der Waals surface area contributed by atoms with E-state index >= 15 is 0 Å². The molecular formula is C12H10IN3O5. The first-order chi connectivity index (χ1) is 9.81. The summed E-state index contributed by atoms with van der Waals surface area (Å²) in [6.07, 6.45) is 0. The van der Waals surface area contributed by atoms with Gasteiger partial charge in [0.1, 0.15) is 17.0 Å². The van der Waals surface area contributed by atoms with Gasteiger partial charge in [0.05, 0.1) is 4.92 Å². The molecule has 2 rings (SSSR count). The van der Waals surface area contributed by atoms with Crippen LogP contribution in [0.15, 0.2) is 18.2 Å². The third kappa shape index (κ3) is 2.96. The highest BCUT2D eigenvalue weighted by Gasteiger charge is 2.27. The van der Waals surface area contributed by atoms with E-state index in [1.807, 2.05) is 22.6 Å². The molecule has 0 atom stereocenters. The first-order valence-corrected chi connectivity index (χ1v) is 6.77. The summed E-state index contributed by atoms with van der Waals surface area (Å²) >= 11 is 1.97. The van der Waals surface area contributed by atoms with Crippen molar-refractivity contribution in [1.82, 2.24) is 9.78 Å². The second-order valence-corrected chi connectivity index (χ2v) is 5.41. The Labute approximate surface area is 132 Å². The van der Waals surface area contributed by atoms with Crippen LogP contribution < -0.4 is 4.74 Å². The van der Waals surface area contributed by atoms with Crippen LogP contribution in [0.3, 0.4) is 0 Å². The van der Waals surface area contributed by atoms with Gasteiger partial charge in [-0.2, -0.15) is 5.10 Å². The Morgan fingerprint density at radius 1 is 1.52 bits per heavy atom. The number of aryl methyl sites for hydroxylation is 2. The highest BCUT2D eigenvalue weighted by Crippen LogP contribution is 2.35. The van der Waals surface area contributed by atoms with Crippen LogP contribution in [0.2, 0.25) is 0 Å². The molecule has 21 heavy (non-hydrogen) atoms. The topological polar surface area (TPSA) is 107 Å². The van der Waals surface area contributed by atoms with Gasteiger partial charge in [0.15, 0.2) is 0 Å². The number of halogens is 1. The lowest BCUT2D eigenvalue weighted by Crippen LogP contribution is -2.03. The number of nitro groups is 1. The van der Waals surface area contributed by atoms with Crippen LogP contribution >= 0.6 is 22.6 Å². The van der Waals surface area contributed by atoms with Gasteiger partial charge in [0.25, 0.3) is 5.88 Å². The van der Waals surface area contributed by atoms with Crippen molar-refractivity contribution in [2.24, 2.45) is 7.05 Å². The van der Waals surface area contributed by atoms with Crippen molar-refractivity contribution < 1.29 is 19.6 Å². The Morgan fingerprint density at radius 3 is 2.76 bits per heavy atom. The third-order valence-electron chi connectivity index (χ3n) is 2.70. The SMILES string of the molecule is Cc1nn(C)c(Oc2ccc(I)cc2C(=O)O)c1[N+](=O)[O-]. The van der Waals surface area contributed by atoms with Gasteiger partial charge in [-0.1, -0.05) is 0 Å². The van der Waals surface area contributed by atoms with E-state index in [0.29, 0.717) is 3.57 Å². The summed E-state index contributed by atoms with van der Waals surface area (Å²) in [6.45, 7) is 1.48. The van der Waals surface area contributed by atoms with Crippen LogP contribution in [0.4, 0.5) is 5.69 Å². The van der Waals surface area contributed by atoms with Gasteiger partial charge in [-0.25, -0.2) is 9.48 Å². The van der Waals surface area contributed by atoms with Crippen LogP contribution in [-0.4, -0.2) is 25.8 Å². The molecular weight excluding hydrogens is 393 g/mol. The van der Waals surface area contributed by atoms with Crippen LogP contribution in [0.5, 0.6) is 11.6 Å². The van der Waals surface area contributed by atoms with E-state index in [4.69, 9.17) is 4.74 Å². The average Bonchev–Trinajstić information content (AvgIpc) is 2.66. The van der Waals surface area contributed by atoms with Gasteiger partial charge < -0.3 is 9.84 Å². The van der Waals surface area contributed by atoms with E-state index in [9.17, 15) is 20.0 Å². The standard InChI is InChI=1S/C12H10IN3O5/c1-6-10(16(19)20)11(15(2)14-6)21-9-4-3-7(13)5-8(9)12(17)18/h3-5H,1-2H3,(H,17,18). The summed E-state index contributed by atoms with van der Waals surface area (Å²) in [5.41, 5.74) is -0.165. The van der Waals surface area contributed by atoms with E-state index in [0.717, 1.165) is 0 Å². The maximum absolute atomic E-state index is 11.2. The first-order valence-electron chi connectivity index (χ1n) is 5.70. The monoisotopic (exact) mass is 403 g/mol. The lowest BCUT2D eigenvalue weighted by molar-refractivity contribution is -0.386. The Kier molecular flexibility index (Phi) is 4.11. The molecule has 9 heteroatoms. The summed E-state index contributed by atoms with van der Waals surface area (Å²) in [6, 6.07) is 4.53. The average molecular weight is 403 g/mol. The number of carbonyl (C=O) groups is 1. The van der Waals surface area contributed by atoms with Crippen LogP contribution in [-0.2, 0) is 7.05 Å². The zero-order valence-corrected chi connectivity index (χ0v) is 13.2. The maximum atomic E-state index is 11.2. The van der Waals surface area contributed by atoms with Gasteiger partial charge >= 0.3 is 11.7 Å². The Morgan fingerprint density at radius 2 is 2.19 bits per heavy atom.